The highest BCUT2D eigenvalue weighted by molar-refractivity contribution is 5.92. The van der Waals surface area contributed by atoms with Gasteiger partial charge in [-0.1, -0.05) is 18.2 Å². The zero-order valence-corrected chi connectivity index (χ0v) is 11.0. The monoisotopic (exact) mass is 258 g/mol. The number of carbonyl (C=O) groups is 1. The topological polar surface area (TPSA) is 76.2 Å². The van der Waals surface area contributed by atoms with Crippen molar-refractivity contribution >= 4 is 22.6 Å². The Morgan fingerprint density at radius 3 is 2.63 bits per heavy atom. The Hall–Kier alpha value is -2.10. The highest BCUT2D eigenvalue weighted by atomic mass is 16.4. The maximum absolute atomic E-state index is 9.00. The summed E-state index contributed by atoms with van der Waals surface area (Å²) in [4.78, 5) is 13.7. The molecule has 3 rings (SSSR count). The number of nitrogens with two attached hydrogens (primary N) is 1. The quantitative estimate of drug-likeness (QED) is 0.761. The van der Waals surface area contributed by atoms with E-state index in [2.05, 4.69) is 6.07 Å². The summed E-state index contributed by atoms with van der Waals surface area (Å²) in [5.41, 5.74) is 10.7. The Labute approximate surface area is 112 Å². The number of rotatable bonds is 0. The van der Waals surface area contributed by atoms with Crippen molar-refractivity contribution < 1.29 is 9.90 Å². The molecule has 0 spiro atoms. The summed E-state index contributed by atoms with van der Waals surface area (Å²) in [6.07, 6.45) is 4.68. The zero-order valence-electron chi connectivity index (χ0n) is 11.0. The number of hydrogen-bond acceptors (Lipinski definition) is 3. The van der Waals surface area contributed by atoms with E-state index >= 15 is 0 Å². The molecule has 4 heteroatoms. The summed E-state index contributed by atoms with van der Waals surface area (Å²) in [5, 5.41) is 8.53. The predicted molar refractivity (Wildman–Crippen MR) is 76.1 cm³/mol. The molecule has 1 aliphatic carbocycles. The molecule has 0 amide bonds. The first-order valence-corrected chi connectivity index (χ1v) is 6.45. The van der Waals surface area contributed by atoms with Crippen LogP contribution >= 0.6 is 0 Å². The lowest BCUT2D eigenvalue weighted by molar-refractivity contribution is -0.134. The van der Waals surface area contributed by atoms with Crippen molar-refractivity contribution in [3.05, 3.63) is 35.5 Å². The maximum atomic E-state index is 9.00. The molecule has 0 fully saturated rings. The van der Waals surface area contributed by atoms with Crippen molar-refractivity contribution in [2.45, 2.75) is 32.6 Å². The van der Waals surface area contributed by atoms with E-state index in [1.165, 1.54) is 24.1 Å². The van der Waals surface area contributed by atoms with Crippen LogP contribution in [0.5, 0.6) is 0 Å². The van der Waals surface area contributed by atoms with Crippen LogP contribution < -0.4 is 5.73 Å². The first-order chi connectivity index (χ1) is 9.09. The molecule has 1 aromatic carbocycles. The number of pyridine rings is 1. The van der Waals surface area contributed by atoms with E-state index < -0.39 is 5.97 Å². The Bertz CT molecular complexity index is 604. The van der Waals surface area contributed by atoms with Crippen LogP contribution in [-0.4, -0.2) is 16.1 Å². The van der Waals surface area contributed by atoms with Crippen molar-refractivity contribution in [1.29, 1.82) is 0 Å². The Morgan fingerprint density at radius 1 is 1.26 bits per heavy atom. The van der Waals surface area contributed by atoms with Gasteiger partial charge in [-0.25, -0.2) is 0 Å². The van der Waals surface area contributed by atoms with E-state index in [0.29, 0.717) is 0 Å². The van der Waals surface area contributed by atoms with Gasteiger partial charge in [-0.3, -0.25) is 9.78 Å². The van der Waals surface area contributed by atoms with Gasteiger partial charge in [0.2, 0.25) is 0 Å². The summed E-state index contributed by atoms with van der Waals surface area (Å²) in [6.45, 7) is 1.08. The molecule has 0 radical (unpaired) electrons. The standard InChI is InChI=1S/C13H14N2.C2H4O2/c14-13-9-5-1-3-7-11(9)15-12-8-4-2-6-10(12)13;1-2(3)4/h1,3,5,7H,2,4,6,8H2,(H2,14,15);1H3,(H,3,4). The van der Waals surface area contributed by atoms with Gasteiger partial charge in [0.25, 0.3) is 5.97 Å². The molecule has 0 aliphatic heterocycles. The van der Waals surface area contributed by atoms with Crippen molar-refractivity contribution in [2.24, 2.45) is 0 Å². The number of fused-ring (bicyclic) bond motifs is 2. The van der Waals surface area contributed by atoms with Crippen molar-refractivity contribution in [1.82, 2.24) is 4.98 Å². The van der Waals surface area contributed by atoms with Gasteiger partial charge >= 0.3 is 0 Å². The molecule has 100 valence electrons. The van der Waals surface area contributed by atoms with Crippen LogP contribution in [-0.2, 0) is 17.6 Å². The smallest absolute Gasteiger partial charge is 0.300 e. The molecule has 0 bridgehead atoms. The number of aliphatic carboxylic acids is 1. The van der Waals surface area contributed by atoms with Crippen LogP contribution in [0.3, 0.4) is 0 Å². The number of carboxylic acid groups (broad SMARTS) is 1. The molecule has 0 saturated heterocycles. The first-order valence-electron chi connectivity index (χ1n) is 6.45. The second kappa shape index (κ2) is 5.69. The lowest BCUT2D eigenvalue weighted by atomic mass is 9.93. The van der Waals surface area contributed by atoms with Gasteiger partial charge in [0.15, 0.2) is 0 Å². The van der Waals surface area contributed by atoms with Crippen LogP contribution in [0.4, 0.5) is 5.69 Å². The minimum Gasteiger partial charge on any atom is -0.481 e. The molecule has 0 unspecified atom stereocenters. The molecule has 19 heavy (non-hydrogen) atoms. The number of hydrogen-bond donors (Lipinski definition) is 2. The van der Waals surface area contributed by atoms with Crippen LogP contribution in [0.2, 0.25) is 0 Å². The third-order valence-electron chi connectivity index (χ3n) is 3.21. The van der Waals surface area contributed by atoms with Crippen molar-refractivity contribution in [2.75, 3.05) is 5.73 Å². The fraction of sp³-hybridized carbons (Fsp3) is 0.333. The van der Waals surface area contributed by atoms with E-state index in [1.807, 2.05) is 18.2 Å². The summed E-state index contributed by atoms with van der Waals surface area (Å²) >= 11 is 0. The number of aromatic nitrogens is 1. The van der Waals surface area contributed by atoms with Gasteiger partial charge in [0.1, 0.15) is 0 Å². The molecular weight excluding hydrogens is 240 g/mol. The fourth-order valence-corrected chi connectivity index (χ4v) is 2.41. The number of nitrogen functional groups attached to an aromatic ring is 1. The van der Waals surface area contributed by atoms with Crippen LogP contribution in [0.15, 0.2) is 24.3 Å². The lowest BCUT2D eigenvalue weighted by Crippen LogP contribution is -2.09. The molecular formula is C15H18N2O2. The zero-order chi connectivity index (χ0) is 13.8. The minimum absolute atomic E-state index is 0.833. The van der Waals surface area contributed by atoms with E-state index in [9.17, 15) is 0 Å². The van der Waals surface area contributed by atoms with Gasteiger partial charge in [0.05, 0.1) is 5.52 Å². The fourth-order valence-electron chi connectivity index (χ4n) is 2.41. The normalized spacial score (nSPS) is 13.3. The maximum Gasteiger partial charge on any atom is 0.300 e. The summed E-state index contributed by atoms with van der Waals surface area (Å²) < 4.78 is 0. The highest BCUT2D eigenvalue weighted by Crippen LogP contribution is 2.30. The van der Waals surface area contributed by atoms with Gasteiger partial charge in [-0.05, 0) is 37.3 Å². The molecule has 1 aromatic heterocycles. The molecule has 0 saturated carbocycles. The average Bonchev–Trinajstić information content (AvgIpc) is 2.38. The third-order valence-corrected chi connectivity index (χ3v) is 3.21. The van der Waals surface area contributed by atoms with Gasteiger partial charge in [-0.2, -0.15) is 0 Å². The Balaban J connectivity index is 0.000000297. The lowest BCUT2D eigenvalue weighted by Gasteiger charge is -2.18. The predicted octanol–water partition coefficient (Wildman–Crippen LogP) is 2.79. The highest BCUT2D eigenvalue weighted by Gasteiger charge is 2.15. The molecule has 2 aromatic rings. The number of anilines is 1. The third kappa shape index (κ3) is 3.02. The van der Waals surface area contributed by atoms with E-state index in [-0.39, 0.29) is 0 Å². The largest absolute Gasteiger partial charge is 0.481 e. The second-order valence-corrected chi connectivity index (χ2v) is 4.69. The molecule has 1 heterocycles. The summed E-state index contributed by atoms with van der Waals surface area (Å²) in [6, 6.07) is 8.15. The van der Waals surface area contributed by atoms with Crippen LogP contribution in [0, 0.1) is 0 Å². The van der Waals surface area contributed by atoms with Crippen molar-refractivity contribution in [3.63, 3.8) is 0 Å². The summed E-state index contributed by atoms with van der Waals surface area (Å²) in [7, 11) is 0. The Kier molecular flexibility index (Phi) is 4.00. The molecule has 4 nitrogen and oxygen atoms in total. The molecule has 1 aliphatic rings. The average molecular weight is 258 g/mol. The van der Waals surface area contributed by atoms with Crippen LogP contribution in [0.25, 0.3) is 10.9 Å². The minimum atomic E-state index is -0.833. The van der Waals surface area contributed by atoms with Gasteiger partial charge < -0.3 is 10.8 Å². The Morgan fingerprint density at radius 2 is 1.89 bits per heavy atom. The van der Waals surface area contributed by atoms with E-state index in [4.69, 9.17) is 20.6 Å². The SMILES string of the molecule is CC(=O)O.Nc1c2c(nc3ccccc13)CCCC2. The first kappa shape index (κ1) is 13.3. The van der Waals surface area contributed by atoms with E-state index in [1.54, 1.807) is 0 Å². The van der Waals surface area contributed by atoms with Crippen molar-refractivity contribution in [3.8, 4) is 0 Å². The number of benzene rings is 1. The number of carboxylic acids is 1. The van der Waals surface area contributed by atoms with Gasteiger partial charge in [0, 0.05) is 23.7 Å². The number of para-hydroxylation sites is 1. The molecule has 0 atom stereocenters. The number of aryl methyl sites for hydroxylation is 1. The number of nitrogens with zero attached hydrogens (tertiary/aromatic N) is 1. The molecule has 3 N–H and O–H groups in total. The van der Waals surface area contributed by atoms with Crippen LogP contribution in [0.1, 0.15) is 31.0 Å². The summed E-state index contributed by atoms with van der Waals surface area (Å²) in [5.74, 6) is -0.833. The second-order valence-electron chi connectivity index (χ2n) is 4.69. The van der Waals surface area contributed by atoms with E-state index in [0.717, 1.165) is 36.4 Å². The van der Waals surface area contributed by atoms with Gasteiger partial charge in [-0.15, -0.1) is 0 Å².